The van der Waals surface area contributed by atoms with Crippen LogP contribution in [0.3, 0.4) is 0 Å². The number of rotatable bonds is 12. The summed E-state index contributed by atoms with van der Waals surface area (Å²) in [5.74, 6) is 1.83. The van der Waals surface area contributed by atoms with Gasteiger partial charge in [-0.3, -0.25) is 0 Å². The van der Waals surface area contributed by atoms with Crippen molar-refractivity contribution < 1.29 is 0 Å². The van der Waals surface area contributed by atoms with Gasteiger partial charge in [-0.15, -0.1) is 23.2 Å². The van der Waals surface area contributed by atoms with E-state index in [1.54, 1.807) is 0 Å². The molecule has 2 aromatic rings. The summed E-state index contributed by atoms with van der Waals surface area (Å²) in [5, 5.41) is 0.771. The lowest BCUT2D eigenvalue weighted by Crippen LogP contribution is -2.08. The number of aryl methyl sites for hydroxylation is 1. The van der Waals surface area contributed by atoms with Crippen LogP contribution >= 0.6 is 39.1 Å². The van der Waals surface area contributed by atoms with Gasteiger partial charge in [0.2, 0.25) is 0 Å². The van der Waals surface area contributed by atoms with Crippen LogP contribution < -0.4 is 0 Å². The molecule has 26 heavy (non-hydrogen) atoms. The van der Waals surface area contributed by atoms with E-state index in [-0.39, 0.29) is 5.38 Å². The first-order valence-electron chi connectivity index (χ1n) is 9.18. The number of nitrogens with zero attached hydrogens (tertiary/aromatic N) is 2. The summed E-state index contributed by atoms with van der Waals surface area (Å²) in [7, 11) is 0. The van der Waals surface area contributed by atoms with Crippen molar-refractivity contribution in [3.05, 3.63) is 42.7 Å². The second-order valence-electron chi connectivity index (χ2n) is 6.54. The van der Waals surface area contributed by atoms with Gasteiger partial charge in [-0.25, -0.2) is 4.98 Å². The Hall–Kier alpha value is -0.770. The van der Waals surface area contributed by atoms with Gasteiger partial charge < -0.3 is 4.57 Å². The van der Waals surface area contributed by atoms with Gasteiger partial charge in [0.15, 0.2) is 0 Å². The van der Waals surface area contributed by atoms with Crippen molar-refractivity contribution in [3.8, 4) is 0 Å². The minimum absolute atomic E-state index is 0.0239. The molecule has 0 radical (unpaired) electrons. The molecule has 0 N–H and O–H groups in total. The molecule has 1 atom stereocenters. The van der Waals surface area contributed by atoms with Crippen molar-refractivity contribution >= 4 is 61.9 Å². The Labute approximate surface area is 175 Å². The Morgan fingerprint density at radius 3 is 2.65 bits per heavy atom. The van der Waals surface area contributed by atoms with Crippen LogP contribution in [-0.4, -0.2) is 26.1 Å². The highest BCUT2D eigenvalue weighted by molar-refractivity contribution is 9.09. The highest BCUT2D eigenvalue weighted by Gasteiger charge is 2.15. The summed E-state index contributed by atoms with van der Waals surface area (Å²) in [6.07, 6.45) is 9.37. The summed E-state index contributed by atoms with van der Waals surface area (Å²) < 4.78 is 2.19. The molecule has 5 heteroatoms. The van der Waals surface area contributed by atoms with E-state index in [9.17, 15) is 0 Å². The lowest BCUT2D eigenvalue weighted by molar-refractivity contribution is 0.622. The number of unbranched alkanes of at least 4 members (excludes halogenated alkanes) is 4. The van der Waals surface area contributed by atoms with Gasteiger partial charge in [0.05, 0.1) is 11.0 Å². The topological polar surface area (TPSA) is 17.8 Å². The number of halogens is 3. The fourth-order valence-corrected chi connectivity index (χ4v) is 3.70. The van der Waals surface area contributed by atoms with E-state index < -0.39 is 0 Å². The molecule has 0 saturated heterocycles. The zero-order chi connectivity index (χ0) is 18.9. The lowest BCUT2D eigenvalue weighted by atomic mass is 10.1. The van der Waals surface area contributed by atoms with E-state index in [1.807, 2.05) is 6.08 Å². The number of benzene rings is 1. The first kappa shape index (κ1) is 21.5. The Morgan fingerprint density at radius 2 is 1.96 bits per heavy atom. The molecule has 2 nitrogen and oxygen atoms in total. The average molecular weight is 458 g/mol. The van der Waals surface area contributed by atoms with Crippen LogP contribution in [-0.2, 0) is 6.42 Å². The number of imidazole rings is 1. The van der Waals surface area contributed by atoms with Crippen molar-refractivity contribution in [3.63, 3.8) is 0 Å². The smallest absolute Gasteiger partial charge is 0.114 e. The van der Waals surface area contributed by atoms with Crippen LogP contribution in [0.5, 0.6) is 0 Å². The summed E-state index contributed by atoms with van der Waals surface area (Å²) in [5.41, 5.74) is 4.16. The van der Waals surface area contributed by atoms with Gasteiger partial charge in [0, 0.05) is 35.1 Å². The molecular formula is C21H27BrCl2N2. The van der Waals surface area contributed by atoms with Gasteiger partial charge in [-0.2, -0.15) is 0 Å². The van der Waals surface area contributed by atoms with Gasteiger partial charge in [-0.1, -0.05) is 60.5 Å². The van der Waals surface area contributed by atoms with Crippen molar-refractivity contribution in [2.75, 3.05) is 11.2 Å². The van der Waals surface area contributed by atoms with Crippen LogP contribution in [0.1, 0.15) is 49.9 Å². The zero-order valence-corrected chi connectivity index (χ0v) is 18.3. The molecule has 0 bridgehead atoms. The zero-order valence-electron chi connectivity index (χ0n) is 15.2. The minimum Gasteiger partial charge on any atom is -0.301 e. The maximum absolute atomic E-state index is 6.34. The molecule has 1 aromatic heterocycles. The summed E-state index contributed by atoms with van der Waals surface area (Å²) in [6, 6.07) is 6.25. The predicted molar refractivity (Wildman–Crippen MR) is 121 cm³/mol. The van der Waals surface area contributed by atoms with E-state index in [0.717, 1.165) is 65.0 Å². The lowest BCUT2D eigenvalue weighted by Gasteiger charge is -2.14. The van der Waals surface area contributed by atoms with Crippen molar-refractivity contribution in [2.45, 2.75) is 50.3 Å². The average Bonchev–Trinajstić information content (AvgIpc) is 3.01. The second kappa shape index (κ2) is 11.2. The quantitative estimate of drug-likeness (QED) is 0.242. The second-order valence-corrected chi connectivity index (χ2v) is 8.19. The number of allylic oxidation sites excluding steroid dienone is 1. The fourth-order valence-electron chi connectivity index (χ4n) is 3.10. The number of aromatic nitrogens is 2. The van der Waals surface area contributed by atoms with Gasteiger partial charge in [-0.05, 0) is 30.5 Å². The van der Waals surface area contributed by atoms with E-state index in [0.29, 0.717) is 0 Å². The molecule has 1 heterocycles. The van der Waals surface area contributed by atoms with Gasteiger partial charge in [0.1, 0.15) is 5.82 Å². The third-order valence-corrected chi connectivity index (χ3v) is 6.19. The first-order valence-corrected chi connectivity index (χ1v) is 11.3. The largest absolute Gasteiger partial charge is 0.301 e. The Morgan fingerprint density at radius 1 is 1.23 bits per heavy atom. The van der Waals surface area contributed by atoms with Crippen LogP contribution in [0, 0.1) is 0 Å². The molecule has 0 aliphatic heterocycles. The Balaban J connectivity index is 2.20. The van der Waals surface area contributed by atoms with Gasteiger partial charge in [0.25, 0.3) is 0 Å². The summed E-state index contributed by atoms with van der Waals surface area (Å²) in [4.78, 5) is 4.89. The number of alkyl halides is 3. The molecule has 1 unspecified atom stereocenters. The van der Waals surface area contributed by atoms with E-state index in [4.69, 9.17) is 28.2 Å². The molecule has 2 rings (SSSR count). The van der Waals surface area contributed by atoms with Crippen LogP contribution in [0.25, 0.3) is 22.8 Å². The predicted octanol–water partition coefficient (Wildman–Crippen LogP) is 7.27. The van der Waals surface area contributed by atoms with Crippen molar-refractivity contribution in [2.24, 2.45) is 0 Å². The Kier molecular flexibility index (Phi) is 9.24. The molecule has 0 fully saturated rings. The molecule has 1 aromatic carbocycles. The Bertz CT molecular complexity index is 739. The highest BCUT2D eigenvalue weighted by Crippen LogP contribution is 2.26. The number of hydrogen-bond donors (Lipinski definition) is 0. The number of hydrogen-bond acceptors (Lipinski definition) is 1. The number of fused-ring (bicyclic) bond motifs is 1. The van der Waals surface area contributed by atoms with E-state index in [1.165, 1.54) is 19.3 Å². The maximum atomic E-state index is 6.34. The maximum Gasteiger partial charge on any atom is 0.114 e. The fraction of sp³-hybridized carbons (Fsp3) is 0.476. The van der Waals surface area contributed by atoms with Crippen molar-refractivity contribution in [1.82, 2.24) is 9.55 Å². The molecule has 0 spiro atoms. The molecule has 0 saturated carbocycles. The van der Waals surface area contributed by atoms with Crippen LogP contribution in [0.15, 0.2) is 31.4 Å². The molecule has 0 aliphatic carbocycles. The minimum atomic E-state index is 0.0239. The molecule has 0 amide bonds. The third-order valence-electron chi connectivity index (χ3n) is 4.46. The van der Waals surface area contributed by atoms with E-state index in [2.05, 4.69) is 51.9 Å². The summed E-state index contributed by atoms with van der Waals surface area (Å²) in [6.45, 7) is 8.14. The third kappa shape index (κ3) is 5.87. The van der Waals surface area contributed by atoms with Crippen LogP contribution in [0.4, 0.5) is 0 Å². The summed E-state index contributed by atoms with van der Waals surface area (Å²) >= 11 is 15.5. The SMILES string of the molecule is C=Cc1ccc2c(c1)nc(CCCCCCCCl)n2C(=C)CC(Cl)CBr. The normalized spacial score (nSPS) is 12.4. The van der Waals surface area contributed by atoms with Crippen LogP contribution in [0.2, 0.25) is 0 Å². The highest BCUT2D eigenvalue weighted by atomic mass is 79.9. The monoisotopic (exact) mass is 456 g/mol. The van der Waals surface area contributed by atoms with E-state index >= 15 is 0 Å². The first-order chi connectivity index (χ1) is 12.6. The molecular weight excluding hydrogens is 431 g/mol. The molecule has 0 aliphatic rings. The standard InChI is InChI=1S/C21H27BrCl2N2/c1-3-17-10-11-20-19(14-17)25-21(9-7-5-4-6-8-12-23)26(20)16(2)13-18(24)15-22/h3,10-11,14,18H,1-2,4-9,12-13,15H2. The molecule has 142 valence electrons. The van der Waals surface area contributed by atoms with Gasteiger partial charge >= 0.3 is 0 Å². The van der Waals surface area contributed by atoms with Crippen molar-refractivity contribution in [1.29, 1.82) is 0 Å².